The smallest absolute Gasteiger partial charge is 0.310 e. The van der Waals surface area contributed by atoms with Crippen LogP contribution in [0.25, 0.3) is 0 Å². The molecule has 2 aliphatic carbocycles. The summed E-state index contributed by atoms with van der Waals surface area (Å²) in [6, 6.07) is 5.55. The normalized spacial score (nSPS) is 25.7. The van der Waals surface area contributed by atoms with E-state index in [1.54, 1.807) is 0 Å². The number of carbonyl (C=O) groups is 2. The molecule has 26 heavy (non-hydrogen) atoms. The van der Waals surface area contributed by atoms with E-state index in [2.05, 4.69) is 11.9 Å². The number of carbonyl (C=O) groups excluding carboxylic acids is 2. The molecule has 1 N–H and O–H groups in total. The van der Waals surface area contributed by atoms with Gasteiger partial charge in [-0.3, -0.25) is 19.7 Å². The predicted octanol–water partition coefficient (Wildman–Crippen LogP) is 3.27. The quantitative estimate of drug-likeness (QED) is 0.355. The predicted molar refractivity (Wildman–Crippen MR) is 95.4 cm³/mol. The van der Waals surface area contributed by atoms with Crippen LogP contribution >= 0.6 is 11.6 Å². The van der Waals surface area contributed by atoms with Crippen molar-refractivity contribution in [2.24, 2.45) is 23.7 Å². The van der Waals surface area contributed by atoms with Gasteiger partial charge in [-0.05, 0) is 30.4 Å². The number of benzene rings is 1. The number of nitro groups is 1. The third-order valence-electron chi connectivity index (χ3n) is 4.75. The summed E-state index contributed by atoms with van der Waals surface area (Å²) < 4.78 is 5.15. The van der Waals surface area contributed by atoms with Crippen LogP contribution in [0.15, 0.2) is 48.0 Å². The summed E-state index contributed by atoms with van der Waals surface area (Å²) in [6.45, 7) is 3.39. The van der Waals surface area contributed by atoms with E-state index in [-0.39, 0.29) is 35.1 Å². The Labute approximate surface area is 154 Å². The van der Waals surface area contributed by atoms with Crippen LogP contribution in [0.2, 0.25) is 0 Å². The number of fused-ring (bicyclic) bond motifs is 2. The Morgan fingerprint density at radius 2 is 1.85 bits per heavy atom. The van der Waals surface area contributed by atoms with Crippen LogP contribution in [0.4, 0.5) is 11.4 Å². The molecule has 1 saturated carbocycles. The molecular weight excluding hydrogens is 360 g/mol. The minimum atomic E-state index is -0.570. The first-order chi connectivity index (χ1) is 12.4. The Kier molecular flexibility index (Phi) is 5.08. The van der Waals surface area contributed by atoms with Crippen molar-refractivity contribution in [2.45, 2.75) is 6.42 Å². The van der Waals surface area contributed by atoms with E-state index < -0.39 is 22.7 Å². The zero-order valence-electron chi connectivity index (χ0n) is 13.8. The van der Waals surface area contributed by atoms with Crippen molar-refractivity contribution in [3.8, 4) is 0 Å². The molecule has 0 aromatic heterocycles. The number of nitro benzene ring substituents is 1. The number of rotatable bonds is 6. The van der Waals surface area contributed by atoms with Crippen molar-refractivity contribution in [1.82, 2.24) is 0 Å². The number of ether oxygens (including phenoxy) is 1. The second-order valence-electron chi connectivity index (χ2n) is 6.42. The van der Waals surface area contributed by atoms with Gasteiger partial charge in [0, 0.05) is 22.9 Å². The lowest BCUT2D eigenvalue weighted by molar-refractivity contribution is -0.384. The molecule has 0 aliphatic heterocycles. The average molecular weight is 377 g/mol. The molecule has 136 valence electrons. The van der Waals surface area contributed by atoms with Crippen molar-refractivity contribution < 1.29 is 19.2 Å². The molecule has 1 amide bonds. The fourth-order valence-corrected chi connectivity index (χ4v) is 3.69. The number of hydrogen-bond acceptors (Lipinski definition) is 5. The lowest BCUT2D eigenvalue weighted by atomic mass is 9.82. The standard InChI is InChI=1S/C18H17ClN2O5/c1-10(19)9-26-18(23)16-12-3-2-11(8-12)15(16)17(22)20-13-4-6-14(7-5-13)21(24)25/h2-7,11-12,15-16H,1,8-9H2,(H,20,22)/t11-,12-,15-,16-/m0/s1. The highest BCUT2D eigenvalue weighted by Crippen LogP contribution is 2.49. The molecule has 0 spiro atoms. The highest BCUT2D eigenvalue weighted by molar-refractivity contribution is 6.29. The number of nitrogens with one attached hydrogen (secondary N) is 1. The number of nitrogens with zero attached hydrogens (tertiary/aromatic N) is 1. The molecule has 4 atom stereocenters. The molecule has 2 bridgehead atoms. The van der Waals surface area contributed by atoms with Crippen LogP contribution < -0.4 is 5.32 Å². The Morgan fingerprint density at radius 1 is 1.23 bits per heavy atom. The highest BCUT2D eigenvalue weighted by atomic mass is 35.5. The molecule has 1 aromatic carbocycles. The van der Waals surface area contributed by atoms with Gasteiger partial charge in [-0.1, -0.05) is 30.3 Å². The molecule has 8 heteroatoms. The number of hydrogen-bond donors (Lipinski definition) is 1. The molecule has 2 aliphatic rings. The van der Waals surface area contributed by atoms with Gasteiger partial charge in [-0.25, -0.2) is 0 Å². The lowest BCUT2D eigenvalue weighted by Crippen LogP contribution is -2.37. The number of non-ortho nitro benzene ring substituents is 1. The second kappa shape index (κ2) is 7.29. The summed E-state index contributed by atoms with van der Waals surface area (Å²) in [5, 5.41) is 13.7. The summed E-state index contributed by atoms with van der Waals surface area (Å²) in [5.41, 5.74) is 0.377. The summed E-state index contributed by atoms with van der Waals surface area (Å²) in [4.78, 5) is 35.4. The maximum atomic E-state index is 12.7. The zero-order chi connectivity index (χ0) is 18.8. The number of halogens is 1. The summed E-state index contributed by atoms with van der Waals surface area (Å²) >= 11 is 5.64. The zero-order valence-corrected chi connectivity index (χ0v) is 14.5. The Hall–Kier alpha value is -2.67. The first-order valence-corrected chi connectivity index (χ1v) is 8.48. The van der Waals surface area contributed by atoms with Crippen LogP contribution in [0.3, 0.4) is 0 Å². The third-order valence-corrected chi connectivity index (χ3v) is 4.86. The minimum Gasteiger partial charge on any atom is -0.460 e. The molecule has 0 saturated heterocycles. The van der Waals surface area contributed by atoms with Gasteiger partial charge in [0.1, 0.15) is 6.61 Å². The fraction of sp³-hybridized carbons (Fsp3) is 0.333. The van der Waals surface area contributed by atoms with E-state index in [4.69, 9.17) is 16.3 Å². The molecule has 0 radical (unpaired) electrons. The van der Waals surface area contributed by atoms with Crippen molar-refractivity contribution in [2.75, 3.05) is 11.9 Å². The minimum absolute atomic E-state index is 0.0326. The fourth-order valence-electron chi connectivity index (χ4n) is 3.64. The maximum Gasteiger partial charge on any atom is 0.310 e. The lowest BCUT2D eigenvalue weighted by Gasteiger charge is -2.25. The summed E-state index contributed by atoms with van der Waals surface area (Å²) in [5.74, 6) is -1.95. The van der Waals surface area contributed by atoms with E-state index in [0.717, 1.165) is 6.42 Å². The van der Waals surface area contributed by atoms with Crippen LogP contribution in [0, 0.1) is 33.8 Å². The van der Waals surface area contributed by atoms with Gasteiger partial charge in [0.25, 0.3) is 5.69 Å². The average Bonchev–Trinajstić information content (AvgIpc) is 3.21. The summed E-state index contributed by atoms with van der Waals surface area (Å²) in [7, 11) is 0. The molecule has 3 rings (SSSR count). The van der Waals surface area contributed by atoms with Crippen molar-refractivity contribution in [1.29, 1.82) is 0 Å². The Bertz CT molecular complexity index is 789. The van der Waals surface area contributed by atoms with E-state index in [1.165, 1.54) is 24.3 Å². The monoisotopic (exact) mass is 376 g/mol. The molecule has 7 nitrogen and oxygen atoms in total. The molecule has 0 heterocycles. The van der Waals surface area contributed by atoms with E-state index in [0.29, 0.717) is 5.69 Å². The van der Waals surface area contributed by atoms with Crippen molar-refractivity contribution in [3.05, 3.63) is 58.1 Å². The topological polar surface area (TPSA) is 98.5 Å². The van der Waals surface area contributed by atoms with Crippen LogP contribution in [0.5, 0.6) is 0 Å². The van der Waals surface area contributed by atoms with Gasteiger partial charge in [-0.15, -0.1) is 0 Å². The first kappa shape index (κ1) is 18.1. The molecular formula is C18H17ClN2O5. The van der Waals surface area contributed by atoms with E-state index >= 15 is 0 Å². The van der Waals surface area contributed by atoms with Crippen LogP contribution in [-0.4, -0.2) is 23.4 Å². The number of esters is 1. The number of allylic oxidation sites excluding steroid dienone is 2. The number of amides is 1. The number of anilines is 1. The van der Waals surface area contributed by atoms with Crippen molar-refractivity contribution in [3.63, 3.8) is 0 Å². The van der Waals surface area contributed by atoms with Gasteiger partial charge in [-0.2, -0.15) is 0 Å². The van der Waals surface area contributed by atoms with Crippen molar-refractivity contribution >= 4 is 34.9 Å². The van der Waals surface area contributed by atoms with Crippen LogP contribution in [0.1, 0.15) is 6.42 Å². The second-order valence-corrected chi connectivity index (χ2v) is 6.95. The van der Waals surface area contributed by atoms with Crippen LogP contribution in [-0.2, 0) is 14.3 Å². The summed E-state index contributed by atoms with van der Waals surface area (Å²) in [6.07, 6.45) is 4.62. The third kappa shape index (κ3) is 3.62. The molecule has 1 fully saturated rings. The molecule has 1 aromatic rings. The Balaban J connectivity index is 1.72. The SMILES string of the molecule is C=C(Cl)COC(=O)[C@@H]1[C@@H](C(=O)Nc2ccc([N+](=O)[O-])cc2)[C@H]2C=C[C@H]1C2. The van der Waals surface area contributed by atoms with Gasteiger partial charge in [0.05, 0.1) is 16.8 Å². The van der Waals surface area contributed by atoms with E-state index in [1.807, 2.05) is 12.2 Å². The molecule has 0 unspecified atom stereocenters. The van der Waals surface area contributed by atoms with Gasteiger partial charge >= 0.3 is 5.97 Å². The first-order valence-electron chi connectivity index (χ1n) is 8.10. The van der Waals surface area contributed by atoms with Gasteiger partial charge in [0.15, 0.2) is 0 Å². The van der Waals surface area contributed by atoms with Gasteiger partial charge < -0.3 is 10.1 Å². The van der Waals surface area contributed by atoms with Gasteiger partial charge in [0.2, 0.25) is 5.91 Å². The largest absolute Gasteiger partial charge is 0.460 e. The maximum absolute atomic E-state index is 12.7. The Morgan fingerprint density at radius 3 is 2.42 bits per heavy atom. The highest BCUT2D eigenvalue weighted by Gasteiger charge is 2.52. The van der Waals surface area contributed by atoms with E-state index in [9.17, 15) is 19.7 Å².